The number of benzene rings is 1. The molecule has 3 nitrogen and oxygen atoms in total. The highest BCUT2D eigenvalue weighted by Gasteiger charge is 2.58. The Morgan fingerprint density at radius 1 is 1.35 bits per heavy atom. The average Bonchev–Trinajstić information content (AvgIpc) is 2.87. The molecular formula is C20H24O3. The molecule has 3 aliphatic rings. The molecule has 3 aliphatic carbocycles. The number of Topliss-reactive ketones (excluding diaryl/α,β-unsaturated/α-hetero) is 1. The Labute approximate surface area is 137 Å². The molecule has 122 valence electrons. The fourth-order valence-electron chi connectivity index (χ4n) is 5.77. The van der Waals surface area contributed by atoms with E-state index in [1.54, 1.807) is 6.07 Å². The van der Waals surface area contributed by atoms with Crippen LogP contribution in [0.15, 0.2) is 30.0 Å². The third-order valence-electron chi connectivity index (χ3n) is 6.89. The van der Waals surface area contributed by atoms with Crippen LogP contribution in [-0.2, 0) is 11.2 Å². The molecule has 3 heteroatoms. The van der Waals surface area contributed by atoms with Crippen LogP contribution in [0.5, 0.6) is 5.75 Å². The first kappa shape index (κ1) is 14.8. The van der Waals surface area contributed by atoms with Crippen LogP contribution in [0.4, 0.5) is 0 Å². The van der Waals surface area contributed by atoms with Crippen molar-refractivity contribution in [1.82, 2.24) is 0 Å². The maximum absolute atomic E-state index is 12.8. The molecule has 0 radical (unpaired) electrons. The molecule has 0 aliphatic heterocycles. The monoisotopic (exact) mass is 312 g/mol. The SMILES string of the molecule is CC[C@]12CC[C@@H]3c4ccc(O)cc4CC[C@H]3[C@@H]1CC(=CO)C2=O. The fourth-order valence-corrected chi connectivity index (χ4v) is 5.77. The van der Waals surface area contributed by atoms with Gasteiger partial charge in [-0.15, -0.1) is 0 Å². The Bertz CT molecular complexity index is 690. The van der Waals surface area contributed by atoms with E-state index in [1.807, 2.05) is 6.07 Å². The second-order valence-corrected chi connectivity index (χ2v) is 7.53. The van der Waals surface area contributed by atoms with Crippen molar-refractivity contribution in [3.05, 3.63) is 41.2 Å². The fraction of sp³-hybridized carbons (Fsp3) is 0.550. The van der Waals surface area contributed by atoms with Crippen molar-refractivity contribution in [2.24, 2.45) is 17.3 Å². The summed E-state index contributed by atoms with van der Waals surface area (Å²) < 4.78 is 0. The largest absolute Gasteiger partial charge is 0.515 e. The van der Waals surface area contributed by atoms with Crippen molar-refractivity contribution in [1.29, 1.82) is 0 Å². The Kier molecular flexibility index (Phi) is 3.29. The second-order valence-electron chi connectivity index (χ2n) is 7.53. The van der Waals surface area contributed by atoms with Crippen LogP contribution in [0, 0.1) is 17.3 Å². The summed E-state index contributed by atoms with van der Waals surface area (Å²) in [7, 11) is 0. The standard InChI is InChI=1S/C20H24O3/c1-2-20-8-7-16-15-6-4-14(22)9-12(15)3-5-17(16)18(20)10-13(11-21)19(20)23/h4,6,9,11,16-18,21-22H,2-3,5,7-8,10H2,1H3/t16-,17-,18+,20+/m1/s1. The summed E-state index contributed by atoms with van der Waals surface area (Å²) in [4.78, 5) is 12.8. The van der Waals surface area contributed by atoms with Gasteiger partial charge in [0, 0.05) is 11.0 Å². The van der Waals surface area contributed by atoms with Gasteiger partial charge < -0.3 is 10.2 Å². The van der Waals surface area contributed by atoms with Gasteiger partial charge in [-0.25, -0.2) is 0 Å². The number of fused-ring (bicyclic) bond motifs is 5. The van der Waals surface area contributed by atoms with E-state index in [1.165, 1.54) is 11.1 Å². The van der Waals surface area contributed by atoms with Gasteiger partial charge in [0.05, 0.1) is 6.26 Å². The van der Waals surface area contributed by atoms with Crippen LogP contribution in [0.25, 0.3) is 0 Å². The minimum atomic E-state index is -0.246. The van der Waals surface area contributed by atoms with Crippen LogP contribution in [-0.4, -0.2) is 16.0 Å². The molecule has 1 aromatic carbocycles. The van der Waals surface area contributed by atoms with Crippen molar-refractivity contribution < 1.29 is 15.0 Å². The van der Waals surface area contributed by atoms with E-state index >= 15 is 0 Å². The first-order valence-electron chi connectivity index (χ1n) is 8.80. The highest BCUT2D eigenvalue weighted by Crippen LogP contribution is 2.62. The van der Waals surface area contributed by atoms with Crippen LogP contribution in [0.2, 0.25) is 0 Å². The molecular weight excluding hydrogens is 288 g/mol. The Morgan fingerprint density at radius 3 is 2.91 bits per heavy atom. The number of aromatic hydroxyl groups is 1. The molecule has 23 heavy (non-hydrogen) atoms. The van der Waals surface area contributed by atoms with E-state index in [4.69, 9.17) is 0 Å². The van der Waals surface area contributed by atoms with Gasteiger partial charge in [-0.2, -0.15) is 0 Å². The zero-order valence-electron chi connectivity index (χ0n) is 13.6. The molecule has 0 unspecified atom stereocenters. The predicted molar refractivity (Wildman–Crippen MR) is 88.4 cm³/mol. The van der Waals surface area contributed by atoms with Crippen LogP contribution >= 0.6 is 0 Å². The highest BCUT2D eigenvalue weighted by atomic mass is 16.3. The van der Waals surface area contributed by atoms with Gasteiger partial charge in [0.1, 0.15) is 5.75 Å². The molecule has 0 spiro atoms. The lowest BCUT2D eigenvalue weighted by Gasteiger charge is -2.49. The summed E-state index contributed by atoms with van der Waals surface area (Å²) in [5.41, 5.74) is 3.04. The number of phenols is 1. The quantitative estimate of drug-likeness (QED) is 0.602. The Morgan fingerprint density at radius 2 is 2.17 bits per heavy atom. The maximum Gasteiger partial charge on any atom is 0.168 e. The summed E-state index contributed by atoms with van der Waals surface area (Å²) in [5.74, 6) is 1.92. The van der Waals surface area contributed by atoms with Gasteiger partial charge in [0.2, 0.25) is 0 Å². The average molecular weight is 312 g/mol. The number of ketones is 1. The second kappa shape index (κ2) is 5.12. The zero-order chi connectivity index (χ0) is 16.2. The smallest absolute Gasteiger partial charge is 0.168 e. The van der Waals surface area contributed by atoms with Crippen LogP contribution in [0.1, 0.15) is 56.1 Å². The van der Waals surface area contributed by atoms with Crippen molar-refractivity contribution in [3.8, 4) is 5.75 Å². The normalized spacial score (nSPS) is 37.3. The lowest BCUT2D eigenvalue weighted by molar-refractivity contribution is -0.128. The Balaban J connectivity index is 1.75. The molecule has 0 aromatic heterocycles. The first-order chi connectivity index (χ1) is 11.1. The number of carbonyl (C=O) groups excluding carboxylic acids is 1. The lowest BCUT2D eigenvalue weighted by atomic mass is 9.54. The van der Waals surface area contributed by atoms with Gasteiger partial charge in [0.15, 0.2) is 5.78 Å². The number of aliphatic hydroxyl groups is 1. The van der Waals surface area contributed by atoms with E-state index in [9.17, 15) is 15.0 Å². The number of allylic oxidation sites excluding steroid dienone is 1. The number of hydrogen-bond donors (Lipinski definition) is 2. The van der Waals surface area contributed by atoms with Crippen molar-refractivity contribution in [2.45, 2.75) is 51.4 Å². The number of phenolic OH excluding ortho intramolecular Hbond substituents is 1. The number of carbonyl (C=O) groups is 1. The molecule has 0 amide bonds. The van der Waals surface area contributed by atoms with E-state index in [2.05, 4.69) is 13.0 Å². The summed E-state index contributed by atoms with van der Waals surface area (Å²) in [6, 6.07) is 5.79. The number of rotatable bonds is 1. The first-order valence-corrected chi connectivity index (χ1v) is 8.80. The molecule has 4 atom stereocenters. The minimum Gasteiger partial charge on any atom is -0.515 e. The number of aliphatic hydroxyl groups excluding tert-OH is 1. The molecule has 0 bridgehead atoms. The van der Waals surface area contributed by atoms with Crippen LogP contribution < -0.4 is 0 Å². The maximum atomic E-state index is 12.8. The van der Waals surface area contributed by atoms with Crippen molar-refractivity contribution in [2.75, 3.05) is 0 Å². The summed E-state index contributed by atoms with van der Waals surface area (Å²) in [5, 5.41) is 19.2. The van der Waals surface area contributed by atoms with Crippen molar-refractivity contribution in [3.63, 3.8) is 0 Å². The Hall–Kier alpha value is -1.77. The van der Waals surface area contributed by atoms with Crippen molar-refractivity contribution >= 4 is 5.78 Å². The van der Waals surface area contributed by atoms with Gasteiger partial charge in [-0.1, -0.05) is 13.0 Å². The topological polar surface area (TPSA) is 57.5 Å². The molecule has 1 aromatic rings. The van der Waals surface area contributed by atoms with E-state index in [0.717, 1.165) is 44.8 Å². The summed E-state index contributed by atoms with van der Waals surface area (Å²) in [6.07, 6.45) is 6.69. The highest BCUT2D eigenvalue weighted by molar-refractivity contribution is 6.02. The lowest BCUT2D eigenvalue weighted by Crippen LogP contribution is -2.44. The molecule has 2 fully saturated rings. The zero-order valence-corrected chi connectivity index (χ0v) is 13.6. The molecule has 0 saturated heterocycles. The minimum absolute atomic E-state index is 0.197. The summed E-state index contributed by atoms with van der Waals surface area (Å²) >= 11 is 0. The molecule has 2 N–H and O–H groups in total. The third kappa shape index (κ3) is 1.92. The van der Waals surface area contributed by atoms with E-state index < -0.39 is 0 Å². The van der Waals surface area contributed by atoms with Gasteiger partial charge in [-0.3, -0.25) is 4.79 Å². The van der Waals surface area contributed by atoms with Gasteiger partial charge in [0.25, 0.3) is 0 Å². The molecule has 0 heterocycles. The number of aryl methyl sites for hydroxylation is 1. The number of hydrogen-bond acceptors (Lipinski definition) is 3. The predicted octanol–water partition coefficient (Wildman–Crippen LogP) is 4.26. The molecule has 4 rings (SSSR count). The van der Waals surface area contributed by atoms with Crippen LogP contribution in [0.3, 0.4) is 0 Å². The van der Waals surface area contributed by atoms with E-state index in [0.29, 0.717) is 29.1 Å². The van der Waals surface area contributed by atoms with E-state index in [-0.39, 0.29) is 11.2 Å². The van der Waals surface area contributed by atoms with Gasteiger partial charge in [-0.05, 0) is 79.5 Å². The third-order valence-corrected chi connectivity index (χ3v) is 6.89. The molecule has 2 saturated carbocycles. The van der Waals surface area contributed by atoms with Gasteiger partial charge >= 0.3 is 0 Å². The summed E-state index contributed by atoms with van der Waals surface area (Å²) in [6.45, 7) is 2.13.